The fourth-order valence-electron chi connectivity index (χ4n) is 10.1. The van der Waals surface area contributed by atoms with Gasteiger partial charge in [-0.3, -0.25) is 0 Å². The van der Waals surface area contributed by atoms with E-state index in [-0.39, 0.29) is 0 Å². The van der Waals surface area contributed by atoms with E-state index in [4.69, 9.17) is 6.58 Å². The minimum atomic E-state index is 0.961. The predicted octanol–water partition coefficient (Wildman–Crippen LogP) is 17.1. The van der Waals surface area contributed by atoms with Crippen LogP contribution < -0.4 is 0 Å². The molecule has 0 spiro atoms. The number of hydrogen-bond acceptors (Lipinski definition) is 0. The van der Waals surface area contributed by atoms with Gasteiger partial charge < -0.3 is 0 Å². The summed E-state index contributed by atoms with van der Waals surface area (Å²) in [7, 11) is 0. The van der Waals surface area contributed by atoms with Crippen molar-refractivity contribution in [1.29, 1.82) is 0 Å². The Morgan fingerprint density at radius 3 is 1.72 bits per heavy atom. The molecule has 0 nitrogen and oxygen atoms in total. The lowest BCUT2D eigenvalue weighted by molar-refractivity contribution is 1.57. The van der Waals surface area contributed by atoms with Crippen LogP contribution in [0.4, 0.5) is 0 Å². The van der Waals surface area contributed by atoms with Crippen LogP contribution in [0.15, 0.2) is 220 Å². The summed E-state index contributed by atoms with van der Waals surface area (Å²) in [5.74, 6) is 0. The molecule has 11 rings (SSSR count). The van der Waals surface area contributed by atoms with E-state index >= 15 is 0 Å². The maximum atomic E-state index is 4.82. The highest BCUT2D eigenvalue weighted by molar-refractivity contribution is 6.44. The van der Waals surface area contributed by atoms with Gasteiger partial charge in [0.2, 0.25) is 0 Å². The smallest absolute Gasteiger partial charge is 0.000740 e. The maximum Gasteiger partial charge on any atom is -0.000740 e. The first-order valence-electron chi connectivity index (χ1n) is 20.6. The Hall–Kier alpha value is -7.80. The van der Waals surface area contributed by atoms with Crippen LogP contribution in [0.5, 0.6) is 0 Å². The van der Waals surface area contributed by atoms with E-state index in [0.717, 1.165) is 27.8 Å². The molecule has 0 fully saturated rings. The van der Waals surface area contributed by atoms with Gasteiger partial charge in [-0.05, 0) is 155 Å². The summed E-state index contributed by atoms with van der Waals surface area (Å²) in [4.78, 5) is 0. The molecule has 0 amide bonds. The van der Waals surface area contributed by atoms with Crippen LogP contribution >= 0.6 is 0 Å². The Bertz CT molecular complexity index is 3630. The van der Waals surface area contributed by atoms with Gasteiger partial charge in [-0.2, -0.15) is 0 Å². The number of allylic oxidation sites excluding steroid dienone is 8. The van der Waals surface area contributed by atoms with Crippen LogP contribution in [0.3, 0.4) is 0 Å². The Morgan fingerprint density at radius 2 is 1.00 bits per heavy atom. The maximum absolute atomic E-state index is 4.82. The van der Waals surface area contributed by atoms with Crippen molar-refractivity contribution in [2.45, 2.75) is 0 Å². The molecule has 11 aromatic carbocycles. The van der Waals surface area contributed by atoms with Crippen molar-refractivity contribution >= 4 is 86.6 Å². The van der Waals surface area contributed by atoms with Gasteiger partial charge in [-0.15, -0.1) is 0 Å². The molecule has 0 saturated carbocycles. The second kappa shape index (κ2) is 13.9. The van der Waals surface area contributed by atoms with Gasteiger partial charge in [0, 0.05) is 0 Å². The van der Waals surface area contributed by atoms with Gasteiger partial charge in [0.15, 0.2) is 0 Å². The monoisotopic (exact) mass is 760 g/mol. The molecule has 11 aromatic rings. The first-order valence-corrected chi connectivity index (χ1v) is 20.6. The molecule has 60 heavy (non-hydrogen) atoms. The van der Waals surface area contributed by atoms with Crippen LogP contribution in [0.2, 0.25) is 0 Å². The third-order valence-electron chi connectivity index (χ3n) is 12.5. The van der Waals surface area contributed by atoms with Gasteiger partial charge in [0.1, 0.15) is 0 Å². The third kappa shape index (κ3) is 5.18. The summed E-state index contributed by atoms with van der Waals surface area (Å²) in [5.41, 5.74) is 11.4. The van der Waals surface area contributed by atoms with Crippen molar-refractivity contribution in [2.24, 2.45) is 0 Å². The summed E-state index contributed by atoms with van der Waals surface area (Å²) in [6.45, 7) is 17.0. The van der Waals surface area contributed by atoms with Gasteiger partial charge in [0.25, 0.3) is 0 Å². The van der Waals surface area contributed by atoms with E-state index in [9.17, 15) is 0 Å². The summed E-state index contributed by atoms with van der Waals surface area (Å²) < 4.78 is 0. The van der Waals surface area contributed by atoms with Crippen LogP contribution in [-0.2, 0) is 0 Å². The Kier molecular flexibility index (Phi) is 8.22. The minimum Gasteiger partial charge on any atom is -0.0991 e. The molecule has 0 N–H and O–H groups in total. The van der Waals surface area contributed by atoms with Crippen molar-refractivity contribution in [2.75, 3.05) is 0 Å². The normalized spacial score (nSPS) is 12.3. The quantitative estimate of drug-likeness (QED) is 0.102. The number of rotatable bonds is 9. The second-order valence-corrected chi connectivity index (χ2v) is 15.7. The number of fused-ring (bicyclic) bond motifs is 8. The van der Waals surface area contributed by atoms with Crippen molar-refractivity contribution < 1.29 is 0 Å². The SMILES string of the molecule is C=CC=CC(=C)c1c2c(cc3c4ccccc4c4cccc2c43)c(-c2ccccc2)c2c3ccc(-c4cc(C(C=C)=CC=C)cc(-c5ccccc5)c4)c4cccc(c12)c43. The number of hydrogen-bond donors (Lipinski definition) is 0. The third-order valence-corrected chi connectivity index (χ3v) is 12.5. The molecule has 0 aliphatic rings. The van der Waals surface area contributed by atoms with Gasteiger partial charge in [-0.25, -0.2) is 0 Å². The molecule has 0 aromatic heterocycles. The van der Waals surface area contributed by atoms with Crippen LogP contribution in [-0.4, -0.2) is 0 Å². The molecule has 0 unspecified atom stereocenters. The molecule has 0 aliphatic heterocycles. The highest BCUT2D eigenvalue weighted by atomic mass is 14.3. The van der Waals surface area contributed by atoms with Crippen molar-refractivity contribution in [3.05, 3.63) is 232 Å². The molecule has 0 aliphatic carbocycles. The fourth-order valence-corrected chi connectivity index (χ4v) is 10.1. The lowest BCUT2D eigenvalue weighted by Gasteiger charge is -2.19. The predicted molar refractivity (Wildman–Crippen MR) is 264 cm³/mol. The lowest BCUT2D eigenvalue weighted by atomic mass is 9.84. The molecular weight excluding hydrogens is 721 g/mol. The van der Waals surface area contributed by atoms with E-state index in [0.29, 0.717) is 0 Å². The molecule has 0 radical (unpaired) electrons. The van der Waals surface area contributed by atoms with Crippen molar-refractivity contribution in [3.63, 3.8) is 0 Å². The molecular formula is C60H40. The van der Waals surface area contributed by atoms with Crippen molar-refractivity contribution in [3.8, 4) is 33.4 Å². The second-order valence-electron chi connectivity index (χ2n) is 15.7. The van der Waals surface area contributed by atoms with Gasteiger partial charge in [0.05, 0.1) is 0 Å². The summed E-state index contributed by atoms with van der Waals surface area (Å²) in [6.07, 6.45) is 11.8. The number of benzene rings is 9. The highest BCUT2D eigenvalue weighted by Crippen LogP contribution is 2.54. The van der Waals surface area contributed by atoms with E-state index in [2.05, 4.69) is 184 Å². The molecule has 0 heteroatoms. The van der Waals surface area contributed by atoms with E-state index in [1.165, 1.54) is 103 Å². The lowest BCUT2D eigenvalue weighted by Crippen LogP contribution is -1.92. The van der Waals surface area contributed by atoms with E-state index in [1.54, 1.807) is 0 Å². The Balaban J connectivity index is 1.34. The zero-order valence-corrected chi connectivity index (χ0v) is 33.3. The van der Waals surface area contributed by atoms with Gasteiger partial charge >= 0.3 is 0 Å². The minimum absolute atomic E-state index is 0.961. The zero-order chi connectivity index (χ0) is 40.5. The Morgan fingerprint density at radius 1 is 0.400 bits per heavy atom. The van der Waals surface area contributed by atoms with Crippen molar-refractivity contribution in [1.82, 2.24) is 0 Å². The van der Waals surface area contributed by atoms with Crippen LogP contribution in [0.25, 0.3) is 120 Å². The summed E-state index contributed by atoms with van der Waals surface area (Å²) in [5, 5.41) is 17.6. The fraction of sp³-hybridized carbons (Fsp3) is 0. The van der Waals surface area contributed by atoms with Crippen LogP contribution in [0, 0.1) is 0 Å². The standard InChI is InChI=1S/C60H40/c1-5-8-20-37(4)54-58-49-29-18-28-48-45-25-15-16-26-46(45)52(57(48)49)36-53(58)55(40-23-13-10-14-24-40)60-51-32-31-44(47-27-17-30-50(56(47)51)59(54)60)43-34-41(38(7-3)19-6-2)33-42(35-43)39-21-11-9-12-22-39/h5-36H,1-4H2. The molecule has 280 valence electrons. The first-order chi connectivity index (χ1) is 29.6. The van der Waals surface area contributed by atoms with E-state index in [1.807, 2.05) is 30.4 Å². The molecule has 0 heterocycles. The molecule has 0 atom stereocenters. The zero-order valence-electron chi connectivity index (χ0n) is 33.3. The topological polar surface area (TPSA) is 0 Å². The highest BCUT2D eigenvalue weighted by Gasteiger charge is 2.27. The first kappa shape index (κ1) is 35.4. The molecule has 0 saturated heterocycles. The average Bonchev–Trinajstić information content (AvgIpc) is 3.81. The largest absolute Gasteiger partial charge is 0.0991 e. The van der Waals surface area contributed by atoms with Crippen LogP contribution in [0.1, 0.15) is 11.1 Å². The average molecular weight is 761 g/mol. The molecule has 0 bridgehead atoms. The van der Waals surface area contributed by atoms with E-state index < -0.39 is 0 Å². The van der Waals surface area contributed by atoms with Gasteiger partial charge in [-0.1, -0.05) is 196 Å². The summed E-state index contributed by atoms with van der Waals surface area (Å²) >= 11 is 0. The summed E-state index contributed by atoms with van der Waals surface area (Å²) in [6, 6.07) is 58.2. The Labute approximate surface area is 350 Å².